The van der Waals surface area contributed by atoms with Crippen LogP contribution in [-0.4, -0.2) is 5.78 Å². The molecule has 1 nitrogen and oxygen atoms in total. The van der Waals surface area contributed by atoms with E-state index in [4.69, 9.17) is 0 Å². The van der Waals surface area contributed by atoms with Crippen LogP contribution in [0.3, 0.4) is 0 Å². The standard InChI is InChI=1S/C15H22OS/c1-3-5-6-11(4-2)9-12-10-14(16)15-13(12)7-8-17-15/h7-8,11-12H,3-6,9-10H2,1-2H3. The van der Waals surface area contributed by atoms with Gasteiger partial charge in [-0.2, -0.15) is 0 Å². The monoisotopic (exact) mass is 250 g/mol. The van der Waals surface area contributed by atoms with E-state index >= 15 is 0 Å². The molecule has 0 spiro atoms. The fraction of sp³-hybridized carbons (Fsp3) is 0.667. The molecule has 0 aliphatic heterocycles. The van der Waals surface area contributed by atoms with Crippen LogP contribution >= 0.6 is 11.3 Å². The summed E-state index contributed by atoms with van der Waals surface area (Å²) in [5.74, 6) is 1.70. The number of Topliss-reactive ketones (excluding diaryl/α,β-unsaturated/α-hetero) is 1. The third-order valence-electron chi connectivity index (χ3n) is 3.98. The van der Waals surface area contributed by atoms with Crippen molar-refractivity contribution in [2.45, 2.75) is 58.3 Å². The summed E-state index contributed by atoms with van der Waals surface area (Å²) < 4.78 is 0. The molecule has 1 aliphatic carbocycles. The van der Waals surface area contributed by atoms with Crippen LogP contribution in [0.15, 0.2) is 11.4 Å². The largest absolute Gasteiger partial charge is 0.293 e. The molecule has 0 aromatic carbocycles. The van der Waals surface area contributed by atoms with Crippen molar-refractivity contribution < 1.29 is 4.79 Å². The molecule has 0 bridgehead atoms. The molecular weight excluding hydrogens is 228 g/mol. The van der Waals surface area contributed by atoms with Crippen molar-refractivity contribution >= 4 is 17.1 Å². The van der Waals surface area contributed by atoms with Gasteiger partial charge in [0.2, 0.25) is 0 Å². The summed E-state index contributed by atoms with van der Waals surface area (Å²) in [5, 5.41) is 2.07. The highest BCUT2D eigenvalue weighted by molar-refractivity contribution is 7.12. The third-order valence-corrected chi connectivity index (χ3v) is 4.95. The lowest BCUT2D eigenvalue weighted by atomic mass is 9.86. The van der Waals surface area contributed by atoms with E-state index in [0.717, 1.165) is 17.2 Å². The van der Waals surface area contributed by atoms with Gasteiger partial charge in [0.15, 0.2) is 5.78 Å². The quantitative estimate of drug-likeness (QED) is 0.692. The lowest BCUT2D eigenvalue weighted by Crippen LogP contribution is -2.05. The van der Waals surface area contributed by atoms with Crippen LogP contribution in [0, 0.1) is 5.92 Å². The number of carbonyl (C=O) groups is 1. The minimum absolute atomic E-state index is 0.380. The van der Waals surface area contributed by atoms with Gasteiger partial charge in [-0.1, -0.05) is 39.5 Å². The minimum Gasteiger partial charge on any atom is -0.293 e. The molecule has 94 valence electrons. The molecule has 0 radical (unpaired) electrons. The molecule has 0 amide bonds. The van der Waals surface area contributed by atoms with Crippen LogP contribution in [0.4, 0.5) is 0 Å². The third kappa shape index (κ3) is 2.79. The van der Waals surface area contributed by atoms with Gasteiger partial charge in [0.1, 0.15) is 0 Å². The molecule has 2 heteroatoms. The molecule has 2 unspecified atom stereocenters. The average molecular weight is 250 g/mol. The summed E-state index contributed by atoms with van der Waals surface area (Å²) in [7, 11) is 0. The van der Waals surface area contributed by atoms with Gasteiger partial charge in [-0.05, 0) is 35.3 Å². The van der Waals surface area contributed by atoms with Crippen molar-refractivity contribution in [2.24, 2.45) is 5.92 Å². The summed E-state index contributed by atoms with van der Waals surface area (Å²) in [6, 6.07) is 2.17. The van der Waals surface area contributed by atoms with Crippen molar-refractivity contribution in [1.82, 2.24) is 0 Å². The SMILES string of the molecule is CCCCC(CC)CC1CC(=O)c2sccc21. The molecular formula is C15H22OS. The Kier molecular flexibility index (Phi) is 4.38. The van der Waals surface area contributed by atoms with E-state index in [1.165, 1.54) is 37.7 Å². The van der Waals surface area contributed by atoms with Crippen LogP contribution < -0.4 is 0 Å². The Labute approximate surface area is 108 Å². The Hall–Kier alpha value is -0.630. The fourth-order valence-electron chi connectivity index (χ4n) is 2.89. The van der Waals surface area contributed by atoms with Crippen molar-refractivity contribution in [2.75, 3.05) is 0 Å². The molecule has 0 fully saturated rings. The van der Waals surface area contributed by atoms with Crippen LogP contribution in [-0.2, 0) is 0 Å². The van der Waals surface area contributed by atoms with Gasteiger partial charge >= 0.3 is 0 Å². The number of unbranched alkanes of at least 4 members (excludes halogenated alkanes) is 1. The van der Waals surface area contributed by atoms with Crippen LogP contribution in [0.5, 0.6) is 0 Å². The first kappa shape index (κ1) is 12.8. The number of hydrogen-bond acceptors (Lipinski definition) is 2. The summed E-state index contributed by atoms with van der Waals surface area (Å²) in [5.41, 5.74) is 1.34. The van der Waals surface area contributed by atoms with Crippen molar-refractivity contribution in [3.63, 3.8) is 0 Å². The second-order valence-corrected chi connectivity index (χ2v) is 6.10. The predicted molar refractivity (Wildman–Crippen MR) is 73.9 cm³/mol. The zero-order valence-corrected chi connectivity index (χ0v) is 11.7. The highest BCUT2D eigenvalue weighted by Crippen LogP contribution is 2.41. The van der Waals surface area contributed by atoms with E-state index in [0.29, 0.717) is 11.7 Å². The van der Waals surface area contributed by atoms with Gasteiger partial charge < -0.3 is 0 Å². The van der Waals surface area contributed by atoms with E-state index in [9.17, 15) is 4.79 Å². The Bertz CT molecular complexity index is 380. The van der Waals surface area contributed by atoms with E-state index in [1.807, 2.05) is 0 Å². The highest BCUT2D eigenvalue weighted by Gasteiger charge is 2.31. The van der Waals surface area contributed by atoms with Crippen LogP contribution in [0.25, 0.3) is 0 Å². The number of rotatable bonds is 6. The molecule has 1 aromatic heterocycles. The number of ketones is 1. The Morgan fingerprint density at radius 2 is 2.29 bits per heavy atom. The molecule has 1 heterocycles. The van der Waals surface area contributed by atoms with E-state index < -0.39 is 0 Å². The van der Waals surface area contributed by atoms with Gasteiger partial charge in [-0.3, -0.25) is 4.79 Å². The van der Waals surface area contributed by atoms with Crippen molar-refractivity contribution in [3.8, 4) is 0 Å². The van der Waals surface area contributed by atoms with Crippen LogP contribution in [0.2, 0.25) is 0 Å². The molecule has 1 aliphatic rings. The van der Waals surface area contributed by atoms with Gasteiger partial charge in [0, 0.05) is 6.42 Å². The molecule has 0 saturated carbocycles. The van der Waals surface area contributed by atoms with Gasteiger partial charge in [0.25, 0.3) is 0 Å². The summed E-state index contributed by atoms with van der Waals surface area (Å²) in [4.78, 5) is 12.9. The summed E-state index contributed by atoms with van der Waals surface area (Å²) >= 11 is 1.63. The Morgan fingerprint density at radius 3 is 3.00 bits per heavy atom. The number of carbonyl (C=O) groups excluding carboxylic acids is 1. The highest BCUT2D eigenvalue weighted by atomic mass is 32.1. The minimum atomic E-state index is 0.380. The summed E-state index contributed by atoms with van der Waals surface area (Å²) in [6.45, 7) is 4.54. The Balaban J connectivity index is 1.98. The summed E-state index contributed by atoms with van der Waals surface area (Å²) in [6.07, 6.45) is 7.18. The lowest BCUT2D eigenvalue weighted by molar-refractivity contribution is 0.0989. The average Bonchev–Trinajstić information content (AvgIpc) is 2.90. The smallest absolute Gasteiger partial charge is 0.173 e. The fourth-order valence-corrected chi connectivity index (χ4v) is 3.82. The second kappa shape index (κ2) is 5.81. The van der Waals surface area contributed by atoms with Crippen molar-refractivity contribution in [1.29, 1.82) is 0 Å². The maximum atomic E-state index is 11.8. The molecule has 0 saturated heterocycles. The van der Waals surface area contributed by atoms with Gasteiger partial charge in [0.05, 0.1) is 4.88 Å². The Morgan fingerprint density at radius 1 is 1.47 bits per heavy atom. The molecule has 1 aromatic rings. The lowest BCUT2D eigenvalue weighted by Gasteiger charge is -2.18. The number of fused-ring (bicyclic) bond motifs is 1. The maximum absolute atomic E-state index is 11.8. The number of thiophene rings is 1. The second-order valence-electron chi connectivity index (χ2n) is 5.18. The first-order valence-electron chi connectivity index (χ1n) is 6.86. The van der Waals surface area contributed by atoms with E-state index in [2.05, 4.69) is 25.3 Å². The van der Waals surface area contributed by atoms with E-state index in [-0.39, 0.29) is 0 Å². The first-order valence-corrected chi connectivity index (χ1v) is 7.74. The first-order chi connectivity index (χ1) is 8.26. The maximum Gasteiger partial charge on any atom is 0.173 e. The van der Waals surface area contributed by atoms with Crippen LogP contribution in [0.1, 0.15) is 73.5 Å². The van der Waals surface area contributed by atoms with Gasteiger partial charge in [-0.25, -0.2) is 0 Å². The molecule has 2 rings (SSSR count). The predicted octanol–water partition coefficient (Wildman–Crippen LogP) is 5.02. The normalized spacial score (nSPS) is 20.6. The van der Waals surface area contributed by atoms with E-state index in [1.54, 1.807) is 11.3 Å². The molecule has 2 atom stereocenters. The number of hydrogen-bond donors (Lipinski definition) is 0. The topological polar surface area (TPSA) is 17.1 Å². The van der Waals surface area contributed by atoms with Gasteiger partial charge in [-0.15, -0.1) is 11.3 Å². The zero-order valence-electron chi connectivity index (χ0n) is 10.9. The molecule has 0 N–H and O–H groups in total. The molecule has 17 heavy (non-hydrogen) atoms. The zero-order chi connectivity index (χ0) is 12.3. The van der Waals surface area contributed by atoms with Crippen molar-refractivity contribution in [3.05, 3.63) is 21.9 Å².